The summed E-state index contributed by atoms with van der Waals surface area (Å²) in [6, 6.07) is 25.0. The highest BCUT2D eigenvalue weighted by Crippen LogP contribution is 2.28. The lowest BCUT2D eigenvalue weighted by Crippen LogP contribution is -2.44. The standard InChI is InChI=1S/C32H32ClN3O5S/c33-26-19-24(15-16-30(26)41-17-9-1-2-10-18-42(38,39)40)21-28-32(37)36-22-29(25-13-7-4-8-14-25)34-27(31(36)35-28)20-23-11-5-3-6-12-23/h3-8,11-16,19,22,28H,1-2,9-10,17-18,20-21H2,(H,38,39,40)/p+1. The Bertz CT molecular complexity index is 1650. The number of halogens is 1. The molecule has 0 bridgehead atoms. The molecule has 1 atom stereocenters. The number of hydrogen-bond donors (Lipinski definition) is 2. The second-order valence-corrected chi connectivity index (χ2v) is 12.4. The van der Waals surface area contributed by atoms with Gasteiger partial charge in [-0.2, -0.15) is 13.0 Å². The number of benzene rings is 3. The van der Waals surface area contributed by atoms with Crippen molar-refractivity contribution in [3.63, 3.8) is 0 Å². The van der Waals surface area contributed by atoms with Gasteiger partial charge in [-0.05, 0) is 36.1 Å². The van der Waals surface area contributed by atoms with E-state index in [9.17, 15) is 13.2 Å². The van der Waals surface area contributed by atoms with Crippen LogP contribution in [-0.2, 0) is 23.0 Å². The van der Waals surface area contributed by atoms with E-state index in [2.05, 4.69) is 17.4 Å². The molecule has 0 fully saturated rings. The van der Waals surface area contributed by atoms with E-state index in [1.54, 1.807) is 10.8 Å². The molecule has 1 aromatic heterocycles. The van der Waals surface area contributed by atoms with E-state index in [0.29, 0.717) is 48.9 Å². The van der Waals surface area contributed by atoms with Crippen molar-refractivity contribution in [2.45, 2.75) is 44.6 Å². The topological polar surface area (TPSA) is 109 Å². The maximum absolute atomic E-state index is 13.6. The number of aromatic nitrogens is 2. The van der Waals surface area contributed by atoms with Crippen molar-refractivity contribution in [2.24, 2.45) is 0 Å². The van der Waals surface area contributed by atoms with Gasteiger partial charge in [-0.25, -0.2) is 9.78 Å². The van der Waals surface area contributed by atoms with E-state index >= 15 is 0 Å². The first-order valence-corrected chi connectivity index (χ1v) is 16.0. The first kappa shape index (κ1) is 29.7. The van der Waals surface area contributed by atoms with Crippen LogP contribution < -0.4 is 14.6 Å². The summed E-state index contributed by atoms with van der Waals surface area (Å²) in [5, 5.41) is 3.89. The Morgan fingerprint density at radius 1 is 0.929 bits per heavy atom. The largest absolute Gasteiger partial charge is 0.492 e. The highest BCUT2D eigenvalue weighted by molar-refractivity contribution is 7.85. The number of nitrogens with one attached hydrogen (secondary N) is 1. The second-order valence-electron chi connectivity index (χ2n) is 10.4. The van der Waals surface area contributed by atoms with Crippen molar-refractivity contribution in [3.05, 3.63) is 107 Å². The molecule has 0 spiro atoms. The quantitative estimate of drug-likeness (QED) is 0.113. The highest BCUT2D eigenvalue weighted by atomic mass is 35.5. The van der Waals surface area contributed by atoms with E-state index in [-0.39, 0.29) is 11.7 Å². The molecular weight excluding hydrogens is 574 g/mol. The fraction of sp³-hybridized carbons (Fsp3) is 0.281. The predicted molar refractivity (Wildman–Crippen MR) is 163 cm³/mol. The lowest BCUT2D eigenvalue weighted by molar-refractivity contribution is -0.552. The van der Waals surface area contributed by atoms with Crippen LogP contribution in [0.3, 0.4) is 0 Å². The third kappa shape index (κ3) is 7.73. The van der Waals surface area contributed by atoms with Crippen LogP contribution in [0.15, 0.2) is 85.1 Å². The lowest BCUT2D eigenvalue weighted by atomic mass is 10.1. The molecule has 8 nitrogen and oxygen atoms in total. The van der Waals surface area contributed by atoms with E-state index < -0.39 is 16.2 Å². The maximum atomic E-state index is 13.6. The van der Waals surface area contributed by atoms with E-state index in [1.807, 2.05) is 66.7 Å². The summed E-state index contributed by atoms with van der Waals surface area (Å²) in [5.41, 5.74) is 4.50. The molecule has 0 aliphatic carbocycles. The number of anilines is 1. The Kier molecular flexibility index (Phi) is 9.51. The predicted octanol–water partition coefficient (Wildman–Crippen LogP) is 5.78. The van der Waals surface area contributed by atoms with Gasteiger partial charge < -0.3 is 4.74 Å². The normalized spacial score (nSPS) is 14.4. The van der Waals surface area contributed by atoms with Gasteiger partial charge in [0.25, 0.3) is 10.1 Å². The van der Waals surface area contributed by atoms with Crippen LogP contribution in [0.5, 0.6) is 5.75 Å². The van der Waals surface area contributed by atoms with Gasteiger partial charge in [0, 0.05) is 18.4 Å². The molecule has 0 radical (unpaired) electrons. The zero-order valence-corrected chi connectivity index (χ0v) is 24.7. The van der Waals surface area contributed by atoms with Crippen LogP contribution >= 0.6 is 11.6 Å². The Morgan fingerprint density at radius 3 is 2.36 bits per heavy atom. The van der Waals surface area contributed by atoms with Crippen LogP contribution in [0, 0.1) is 0 Å². The molecule has 3 aromatic carbocycles. The fourth-order valence-corrected chi connectivity index (χ4v) is 5.85. The third-order valence-electron chi connectivity index (χ3n) is 7.14. The number of ether oxygens (including phenoxy) is 1. The van der Waals surface area contributed by atoms with Crippen molar-refractivity contribution in [1.29, 1.82) is 0 Å². The number of rotatable bonds is 13. The molecule has 218 valence electrons. The van der Waals surface area contributed by atoms with Crippen molar-refractivity contribution in [2.75, 3.05) is 17.7 Å². The van der Waals surface area contributed by atoms with E-state index in [1.165, 1.54) is 0 Å². The van der Waals surface area contributed by atoms with Gasteiger partial charge >= 0.3 is 11.7 Å². The molecule has 42 heavy (non-hydrogen) atoms. The fourth-order valence-electron chi connectivity index (χ4n) is 5.02. The average molecular weight is 607 g/mol. The summed E-state index contributed by atoms with van der Waals surface area (Å²) in [5.74, 6) is 0.992. The molecule has 1 unspecified atom stereocenters. The number of carbonyl (C=O) groups excluding carboxylic acids is 1. The van der Waals surface area contributed by atoms with E-state index in [4.69, 9.17) is 25.9 Å². The molecule has 1 aliphatic rings. The average Bonchev–Trinajstić information content (AvgIpc) is 3.29. The molecule has 2 heterocycles. The van der Waals surface area contributed by atoms with Gasteiger partial charge in [-0.3, -0.25) is 9.87 Å². The summed E-state index contributed by atoms with van der Waals surface area (Å²) >= 11 is 6.52. The van der Waals surface area contributed by atoms with Crippen molar-refractivity contribution in [3.8, 4) is 17.0 Å². The minimum Gasteiger partial charge on any atom is -0.492 e. The highest BCUT2D eigenvalue weighted by Gasteiger charge is 2.41. The summed E-state index contributed by atoms with van der Waals surface area (Å²) in [4.78, 5) is 18.6. The van der Waals surface area contributed by atoms with Crippen LogP contribution in [0.25, 0.3) is 11.3 Å². The van der Waals surface area contributed by atoms with E-state index in [0.717, 1.165) is 40.9 Å². The van der Waals surface area contributed by atoms with Crippen LogP contribution in [0.1, 0.15) is 47.3 Å². The molecule has 4 aromatic rings. The van der Waals surface area contributed by atoms with Gasteiger partial charge in [-0.1, -0.05) is 91.2 Å². The summed E-state index contributed by atoms with van der Waals surface area (Å²) in [6.07, 6.45) is 5.47. The third-order valence-corrected chi connectivity index (χ3v) is 8.24. The van der Waals surface area contributed by atoms with Crippen LogP contribution in [0.2, 0.25) is 5.02 Å². The van der Waals surface area contributed by atoms with Gasteiger partial charge in [0.05, 0.1) is 17.4 Å². The molecule has 0 saturated carbocycles. The van der Waals surface area contributed by atoms with Crippen molar-refractivity contribution < 1.29 is 27.1 Å². The Hall–Kier alpha value is -3.79. The molecule has 0 amide bonds. The van der Waals surface area contributed by atoms with Gasteiger partial charge in [0.1, 0.15) is 23.3 Å². The SMILES string of the molecule is O=C1C(Cc2ccc(OCCCCCCS(=O)(=O)O)c(Cl)c2)Nc2c(Cc3ccccc3)nc(-c3ccccc3)c[n+]21. The number of fused-ring (bicyclic) bond motifs is 1. The molecule has 0 saturated heterocycles. The number of hydrogen-bond acceptors (Lipinski definition) is 6. The Morgan fingerprint density at radius 2 is 1.64 bits per heavy atom. The number of unbranched alkanes of at least 4 members (excludes halogenated alkanes) is 3. The first-order valence-electron chi connectivity index (χ1n) is 14.0. The Balaban J connectivity index is 1.25. The summed E-state index contributed by atoms with van der Waals surface area (Å²) in [7, 11) is -3.90. The molecule has 5 rings (SSSR count). The van der Waals surface area contributed by atoms with Gasteiger partial charge in [0.15, 0.2) is 6.04 Å². The molecular formula is C32H33ClN3O5S+. The zero-order chi connectivity index (χ0) is 29.5. The summed E-state index contributed by atoms with van der Waals surface area (Å²) in [6.45, 7) is 0.445. The summed E-state index contributed by atoms with van der Waals surface area (Å²) < 4.78 is 37.9. The second kappa shape index (κ2) is 13.5. The van der Waals surface area contributed by atoms with Crippen molar-refractivity contribution >= 4 is 33.4 Å². The Labute approximate surface area is 251 Å². The minimum absolute atomic E-state index is 0.0515. The molecule has 10 heteroatoms. The number of nitrogens with zero attached hydrogens (tertiary/aromatic N) is 2. The smallest absolute Gasteiger partial charge is 0.359 e. The lowest BCUT2D eigenvalue weighted by Gasteiger charge is -2.10. The van der Waals surface area contributed by atoms with Crippen LogP contribution in [0.4, 0.5) is 5.82 Å². The zero-order valence-electron chi connectivity index (χ0n) is 23.1. The maximum Gasteiger partial charge on any atom is 0.359 e. The van der Waals surface area contributed by atoms with Gasteiger partial charge in [0.2, 0.25) is 0 Å². The molecule has 2 N–H and O–H groups in total. The van der Waals surface area contributed by atoms with Crippen LogP contribution in [-0.4, -0.2) is 42.3 Å². The van der Waals surface area contributed by atoms with Crippen molar-refractivity contribution in [1.82, 2.24) is 4.98 Å². The van der Waals surface area contributed by atoms with Gasteiger partial charge in [-0.15, -0.1) is 0 Å². The monoisotopic (exact) mass is 606 g/mol. The first-order chi connectivity index (χ1) is 20.3. The molecule has 1 aliphatic heterocycles. The number of carbonyl (C=O) groups is 1. The minimum atomic E-state index is -3.90.